The molecular formula is C22H13ClFNO6. The van der Waals surface area contributed by atoms with E-state index in [0.717, 1.165) is 11.0 Å². The van der Waals surface area contributed by atoms with Crippen LogP contribution in [0.5, 0.6) is 11.5 Å². The van der Waals surface area contributed by atoms with Gasteiger partial charge in [-0.25, -0.2) is 4.39 Å². The van der Waals surface area contributed by atoms with E-state index in [2.05, 4.69) is 0 Å². The van der Waals surface area contributed by atoms with Crippen LogP contribution in [0.1, 0.15) is 17.4 Å². The highest BCUT2D eigenvalue weighted by Crippen LogP contribution is 2.44. The monoisotopic (exact) mass is 441 g/mol. The van der Waals surface area contributed by atoms with Crippen LogP contribution in [-0.2, 0) is 9.59 Å². The number of hydrogen-bond acceptors (Lipinski definition) is 6. The summed E-state index contributed by atoms with van der Waals surface area (Å²) < 4.78 is 29.7. The summed E-state index contributed by atoms with van der Waals surface area (Å²) in [6.45, 7) is 0.0433. The molecule has 2 aliphatic rings. The van der Waals surface area contributed by atoms with Gasteiger partial charge >= 0.3 is 0 Å². The lowest BCUT2D eigenvalue weighted by Gasteiger charge is -2.23. The number of ketones is 1. The van der Waals surface area contributed by atoms with E-state index in [-0.39, 0.29) is 34.4 Å². The molecule has 156 valence electrons. The number of fused-ring (bicyclic) bond motifs is 1. The summed E-state index contributed by atoms with van der Waals surface area (Å²) in [5.74, 6) is -1.77. The first-order valence-corrected chi connectivity index (χ1v) is 9.53. The smallest absolute Gasteiger partial charge is 0.300 e. The second-order valence-corrected chi connectivity index (χ2v) is 7.26. The maximum Gasteiger partial charge on any atom is 0.300 e. The second-order valence-electron chi connectivity index (χ2n) is 6.85. The Hall–Kier alpha value is -3.78. The van der Waals surface area contributed by atoms with Gasteiger partial charge in [-0.3, -0.25) is 14.5 Å². The summed E-state index contributed by atoms with van der Waals surface area (Å²) in [6.07, 6.45) is 1.38. The number of rotatable bonds is 3. The van der Waals surface area contributed by atoms with E-state index >= 15 is 0 Å². The Morgan fingerprint density at radius 2 is 1.90 bits per heavy atom. The van der Waals surface area contributed by atoms with Crippen molar-refractivity contribution in [1.82, 2.24) is 0 Å². The zero-order valence-electron chi connectivity index (χ0n) is 15.7. The van der Waals surface area contributed by atoms with Crippen molar-refractivity contribution >= 4 is 34.7 Å². The number of carbonyl (C=O) groups excluding carboxylic acids is 2. The van der Waals surface area contributed by atoms with E-state index < -0.39 is 29.3 Å². The fourth-order valence-electron chi connectivity index (χ4n) is 3.65. The van der Waals surface area contributed by atoms with Crippen molar-refractivity contribution in [2.45, 2.75) is 6.04 Å². The van der Waals surface area contributed by atoms with Crippen molar-refractivity contribution in [3.05, 3.63) is 82.5 Å². The van der Waals surface area contributed by atoms with Crippen LogP contribution < -0.4 is 14.4 Å². The number of hydrogen-bond donors (Lipinski definition) is 1. The van der Waals surface area contributed by atoms with Gasteiger partial charge in [0.2, 0.25) is 6.79 Å². The van der Waals surface area contributed by atoms with E-state index in [1.165, 1.54) is 24.5 Å². The molecule has 1 amide bonds. The maximum absolute atomic E-state index is 13.7. The molecular weight excluding hydrogens is 429 g/mol. The number of furan rings is 1. The minimum absolute atomic E-state index is 0.0433. The summed E-state index contributed by atoms with van der Waals surface area (Å²) in [6, 6.07) is 10.4. The maximum atomic E-state index is 13.7. The van der Waals surface area contributed by atoms with Gasteiger partial charge in [-0.2, -0.15) is 0 Å². The zero-order chi connectivity index (χ0) is 21.7. The Bertz CT molecular complexity index is 1250. The first kappa shape index (κ1) is 19.2. The van der Waals surface area contributed by atoms with Crippen LogP contribution in [-0.4, -0.2) is 23.6 Å². The van der Waals surface area contributed by atoms with Crippen LogP contribution in [0.3, 0.4) is 0 Å². The molecule has 1 saturated heterocycles. The Balaban J connectivity index is 1.69. The molecule has 1 atom stereocenters. The van der Waals surface area contributed by atoms with Gasteiger partial charge in [0.15, 0.2) is 11.5 Å². The molecule has 1 N–H and O–H groups in total. The standard InChI is InChI=1S/C22H13ClFNO6/c23-13-9-12(4-5-14(13)24)25-19(16-2-1-7-29-16)18(21(27)22(25)28)20(26)11-3-6-15-17(8-11)31-10-30-15/h1-9,19,26H,10H2/b20-18-. The summed E-state index contributed by atoms with van der Waals surface area (Å²) in [7, 11) is 0. The van der Waals surface area contributed by atoms with E-state index in [1.807, 2.05) is 0 Å². The van der Waals surface area contributed by atoms with Gasteiger partial charge in [-0.15, -0.1) is 0 Å². The van der Waals surface area contributed by atoms with Gasteiger partial charge < -0.3 is 19.0 Å². The largest absolute Gasteiger partial charge is 0.507 e. The summed E-state index contributed by atoms with van der Waals surface area (Å²) in [5.41, 5.74) is 0.259. The molecule has 0 aliphatic carbocycles. The van der Waals surface area contributed by atoms with Crippen LogP contribution in [0.4, 0.5) is 10.1 Å². The lowest BCUT2D eigenvalue weighted by atomic mass is 9.99. The molecule has 3 aromatic rings. The number of anilines is 1. The molecule has 0 saturated carbocycles. The summed E-state index contributed by atoms with van der Waals surface area (Å²) >= 11 is 5.89. The number of ether oxygens (including phenoxy) is 2. The molecule has 1 aromatic heterocycles. The molecule has 7 nitrogen and oxygen atoms in total. The Morgan fingerprint density at radius 1 is 1.10 bits per heavy atom. The third kappa shape index (κ3) is 3.03. The first-order chi connectivity index (χ1) is 15.0. The molecule has 3 heterocycles. The lowest BCUT2D eigenvalue weighted by molar-refractivity contribution is -0.132. The number of nitrogens with zero attached hydrogens (tertiary/aromatic N) is 1. The Kier molecular flexibility index (Phi) is 4.44. The quantitative estimate of drug-likeness (QED) is 0.367. The SMILES string of the molecule is O=C1C(=O)N(c2ccc(F)c(Cl)c2)C(c2ccco2)/C1=C(/O)c1ccc2c(c1)OCO2. The highest BCUT2D eigenvalue weighted by Gasteiger charge is 2.48. The van der Waals surface area contributed by atoms with Crippen molar-refractivity contribution in [2.75, 3.05) is 11.7 Å². The van der Waals surface area contributed by atoms with Crippen LogP contribution in [0, 0.1) is 5.82 Å². The van der Waals surface area contributed by atoms with Crippen LogP contribution in [0.15, 0.2) is 64.8 Å². The second kappa shape index (κ2) is 7.17. The fraction of sp³-hybridized carbons (Fsp3) is 0.0909. The number of aliphatic hydroxyl groups excluding tert-OH is 1. The van der Waals surface area contributed by atoms with Crippen molar-refractivity contribution in [3.8, 4) is 11.5 Å². The van der Waals surface area contributed by atoms with Gasteiger partial charge in [-0.05, 0) is 48.5 Å². The minimum atomic E-state index is -1.08. The number of Topliss-reactive ketones (excluding diaryl/α,β-unsaturated/α-hetero) is 1. The van der Waals surface area contributed by atoms with Crippen molar-refractivity contribution < 1.29 is 33.0 Å². The van der Waals surface area contributed by atoms with E-state index in [9.17, 15) is 19.1 Å². The molecule has 0 bridgehead atoms. The average molecular weight is 442 g/mol. The lowest BCUT2D eigenvalue weighted by Crippen LogP contribution is -2.29. The van der Waals surface area contributed by atoms with Crippen LogP contribution in [0.2, 0.25) is 5.02 Å². The molecule has 1 fully saturated rings. The van der Waals surface area contributed by atoms with E-state index in [1.54, 1.807) is 24.3 Å². The van der Waals surface area contributed by atoms with Gasteiger partial charge in [0.1, 0.15) is 23.4 Å². The molecule has 9 heteroatoms. The predicted octanol–water partition coefficient (Wildman–Crippen LogP) is 4.43. The average Bonchev–Trinajstić information content (AvgIpc) is 3.50. The first-order valence-electron chi connectivity index (χ1n) is 9.15. The number of amides is 1. The molecule has 1 unspecified atom stereocenters. The molecule has 2 aliphatic heterocycles. The van der Waals surface area contributed by atoms with Gasteiger partial charge in [0, 0.05) is 11.3 Å². The molecule has 0 spiro atoms. The topological polar surface area (TPSA) is 89.2 Å². The van der Waals surface area contributed by atoms with Crippen LogP contribution >= 0.6 is 11.6 Å². The summed E-state index contributed by atoms with van der Waals surface area (Å²) in [4.78, 5) is 27.0. The predicted molar refractivity (Wildman–Crippen MR) is 107 cm³/mol. The number of benzene rings is 2. The highest BCUT2D eigenvalue weighted by atomic mass is 35.5. The number of halogens is 2. The molecule has 5 rings (SSSR count). The molecule has 2 aromatic carbocycles. The number of aliphatic hydroxyl groups is 1. The van der Waals surface area contributed by atoms with Gasteiger partial charge in [0.05, 0.1) is 16.9 Å². The summed E-state index contributed by atoms with van der Waals surface area (Å²) in [5, 5.41) is 10.8. The van der Waals surface area contributed by atoms with Crippen molar-refractivity contribution in [1.29, 1.82) is 0 Å². The molecule has 31 heavy (non-hydrogen) atoms. The van der Waals surface area contributed by atoms with Crippen LogP contribution in [0.25, 0.3) is 5.76 Å². The van der Waals surface area contributed by atoms with Gasteiger partial charge in [-0.1, -0.05) is 11.6 Å². The third-order valence-corrected chi connectivity index (χ3v) is 5.37. The normalized spacial score (nSPS) is 19.3. The molecule has 0 radical (unpaired) electrons. The minimum Gasteiger partial charge on any atom is -0.507 e. The third-order valence-electron chi connectivity index (χ3n) is 5.08. The Morgan fingerprint density at radius 3 is 2.65 bits per heavy atom. The highest BCUT2D eigenvalue weighted by molar-refractivity contribution is 6.51. The van der Waals surface area contributed by atoms with Crippen molar-refractivity contribution in [3.63, 3.8) is 0 Å². The van der Waals surface area contributed by atoms with E-state index in [0.29, 0.717) is 11.5 Å². The zero-order valence-corrected chi connectivity index (χ0v) is 16.4. The van der Waals surface area contributed by atoms with Gasteiger partial charge in [0.25, 0.3) is 11.7 Å². The fourth-order valence-corrected chi connectivity index (χ4v) is 3.82. The number of carbonyl (C=O) groups is 2. The van der Waals surface area contributed by atoms with Crippen molar-refractivity contribution in [2.24, 2.45) is 0 Å². The van der Waals surface area contributed by atoms with E-state index in [4.69, 9.17) is 25.5 Å². The Labute approximate surface area is 179 Å².